The van der Waals surface area contributed by atoms with Crippen LogP contribution in [0.25, 0.3) is 16.9 Å². The van der Waals surface area contributed by atoms with Crippen molar-refractivity contribution >= 4 is 0 Å². The second-order valence-electron chi connectivity index (χ2n) is 9.33. The summed E-state index contributed by atoms with van der Waals surface area (Å²) in [6.07, 6.45) is 9.06. The zero-order valence-corrected chi connectivity index (χ0v) is 20.9. The van der Waals surface area contributed by atoms with Crippen molar-refractivity contribution in [3.05, 3.63) is 68.1 Å². The molecule has 0 radical (unpaired) electrons. The van der Waals surface area contributed by atoms with E-state index in [1.807, 2.05) is 12.1 Å². The minimum Gasteiger partial charge on any atom is -0.672 e. The van der Waals surface area contributed by atoms with Gasteiger partial charge in [0.2, 0.25) is 0 Å². The van der Waals surface area contributed by atoms with Gasteiger partial charge in [0.1, 0.15) is 5.75 Å². The molecule has 0 spiro atoms. The van der Waals surface area contributed by atoms with E-state index in [-0.39, 0.29) is 42.1 Å². The van der Waals surface area contributed by atoms with E-state index < -0.39 is 0 Å². The molecule has 0 unspecified atom stereocenters. The molecule has 164 valence electrons. The first-order chi connectivity index (χ1) is 13.5. The van der Waals surface area contributed by atoms with Crippen molar-refractivity contribution < 1.29 is 31.2 Å². The minimum absolute atomic E-state index is 0. The average molecular weight is 453 g/mol. The van der Waals surface area contributed by atoms with Gasteiger partial charge in [-0.3, -0.25) is 0 Å². The van der Waals surface area contributed by atoms with Gasteiger partial charge in [-0.05, 0) is 61.1 Å². The van der Waals surface area contributed by atoms with Crippen LogP contribution in [0.2, 0.25) is 0 Å². The van der Waals surface area contributed by atoms with Gasteiger partial charge >= 0.3 is 21.7 Å². The summed E-state index contributed by atoms with van der Waals surface area (Å²) in [5, 5.41) is 0. The van der Waals surface area contributed by atoms with Gasteiger partial charge in [0.25, 0.3) is 0 Å². The quantitative estimate of drug-likeness (QED) is 0.310. The van der Waals surface area contributed by atoms with Gasteiger partial charge in [0, 0.05) is 5.75 Å². The van der Waals surface area contributed by atoms with Gasteiger partial charge in [-0.2, -0.15) is 6.07 Å². The second kappa shape index (κ2) is 10.1. The summed E-state index contributed by atoms with van der Waals surface area (Å²) in [5.74, 6) is 4.61. The molecule has 7 rings (SSSR count). The molecule has 3 nitrogen and oxygen atoms in total. The standard InChI is InChI=1S/C15H13O2.C10H16N.2CH3.Ti/c1-16-12-5-3-10-7-11-4-6-13(17-2)9-15(11)14(10)8-12;11-10-4-7-1-8(5-10)3-9(2-7)6-10;;;/h3,5-6,8-9H,7H2,1-2H3;7-9,11H,1-6H2;2*1H3;/q4*-1;+4. The fourth-order valence-corrected chi connectivity index (χ4v) is 6.40. The second-order valence-corrected chi connectivity index (χ2v) is 9.33. The summed E-state index contributed by atoms with van der Waals surface area (Å²) in [6, 6.07) is 13.4. The van der Waals surface area contributed by atoms with Crippen molar-refractivity contribution in [2.24, 2.45) is 17.8 Å². The van der Waals surface area contributed by atoms with Crippen LogP contribution in [0.15, 0.2) is 30.3 Å². The van der Waals surface area contributed by atoms with Crippen LogP contribution in [-0.2, 0) is 28.1 Å². The third-order valence-corrected chi connectivity index (χ3v) is 7.25. The van der Waals surface area contributed by atoms with E-state index in [1.165, 1.54) is 60.8 Å². The summed E-state index contributed by atoms with van der Waals surface area (Å²) < 4.78 is 10.5. The number of hydrogen-bond acceptors (Lipinski definition) is 2. The first-order valence-electron chi connectivity index (χ1n) is 10.6. The van der Waals surface area contributed by atoms with Crippen molar-refractivity contribution in [1.82, 2.24) is 0 Å². The van der Waals surface area contributed by atoms with E-state index in [2.05, 4.69) is 24.3 Å². The molecule has 0 aliphatic heterocycles. The molecule has 2 aromatic carbocycles. The van der Waals surface area contributed by atoms with E-state index in [9.17, 15) is 0 Å². The zero-order chi connectivity index (χ0) is 19.3. The zero-order valence-electron chi connectivity index (χ0n) is 19.4. The Morgan fingerprint density at radius 1 is 0.871 bits per heavy atom. The third-order valence-electron chi connectivity index (χ3n) is 7.25. The van der Waals surface area contributed by atoms with Gasteiger partial charge in [0.05, 0.1) is 14.2 Å². The van der Waals surface area contributed by atoms with Gasteiger partial charge in [-0.15, -0.1) is 28.8 Å². The Hall–Kier alpha value is -1.29. The van der Waals surface area contributed by atoms with Crippen LogP contribution in [0.5, 0.6) is 11.5 Å². The molecular formula is C27H35NO2Ti. The first-order valence-corrected chi connectivity index (χ1v) is 10.6. The first kappa shape index (κ1) is 26.0. The predicted molar refractivity (Wildman–Crippen MR) is 125 cm³/mol. The van der Waals surface area contributed by atoms with E-state index in [4.69, 9.17) is 15.2 Å². The SMILES string of the molecule is COc1c[c-]c2c(c1)-c1cc(OC)ccc1C2.[CH3-].[CH3-].[NH-]C12CC3CC(CC(C3)C1)C2.[Ti+4]. The monoisotopic (exact) mass is 453 g/mol. The van der Waals surface area contributed by atoms with Crippen LogP contribution in [-0.4, -0.2) is 19.8 Å². The van der Waals surface area contributed by atoms with E-state index in [0.29, 0.717) is 0 Å². The molecular weight excluding hydrogens is 418 g/mol. The fraction of sp³-hybridized carbons (Fsp3) is 0.481. The van der Waals surface area contributed by atoms with Crippen LogP contribution in [0.4, 0.5) is 0 Å². The van der Waals surface area contributed by atoms with Crippen LogP contribution >= 0.6 is 0 Å². The molecule has 5 aliphatic carbocycles. The van der Waals surface area contributed by atoms with Gasteiger partial charge in [0.15, 0.2) is 0 Å². The van der Waals surface area contributed by atoms with Crippen molar-refractivity contribution in [2.45, 2.75) is 50.5 Å². The van der Waals surface area contributed by atoms with Crippen LogP contribution < -0.4 is 9.47 Å². The Balaban J connectivity index is 0.000000214. The number of fused-ring (bicyclic) bond motifs is 3. The third kappa shape index (κ3) is 5.05. The van der Waals surface area contributed by atoms with Gasteiger partial charge in [-0.1, -0.05) is 30.9 Å². The average Bonchev–Trinajstić information content (AvgIpc) is 3.03. The minimum atomic E-state index is 0. The normalized spacial score (nSPS) is 27.9. The predicted octanol–water partition coefficient (Wildman–Crippen LogP) is 6.98. The molecule has 4 heteroatoms. The molecule has 2 aromatic rings. The van der Waals surface area contributed by atoms with Gasteiger partial charge in [-0.25, -0.2) is 0 Å². The van der Waals surface area contributed by atoms with E-state index in [1.54, 1.807) is 14.2 Å². The Morgan fingerprint density at radius 2 is 1.42 bits per heavy atom. The Morgan fingerprint density at radius 3 is 1.94 bits per heavy atom. The molecule has 31 heavy (non-hydrogen) atoms. The van der Waals surface area contributed by atoms with Gasteiger partial charge < -0.3 is 30.1 Å². The smallest absolute Gasteiger partial charge is 0.672 e. The molecule has 5 aliphatic rings. The Bertz CT molecular complexity index is 808. The molecule has 1 N–H and O–H groups in total. The molecule has 0 heterocycles. The maximum absolute atomic E-state index is 8.21. The molecule has 0 aromatic heterocycles. The molecule has 0 saturated heterocycles. The van der Waals surface area contributed by atoms with Crippen molar-refractivity contribution in [3.8, 4) is 22.6 Å². The van der Waals surface area contributed by atoms with Crippen molar-refractivity contribution in [3.63, 3.8) is 0 Å². The van der Waals surface area contributed by atoms with Crippen LogP contribution in [0, 0.1) is 38.7 Å². The topological polar surface area (TPSA) is 42.3 Å². The summed E-state index contributed by atoms with van der Waals surface area (Å²) in [5.41, 5.74) is 13.3. The van der Waals surface area contributed by atoms with Crippen LogP contribution in [0.3, 0.4) is 0 Å². The Labute approximate surface area is 204 Å². The number of methoxy groups -OCH3 is 2. The van der Waals surface area contributed by atoms with E-state index in [0.717, 1.165) is 35.7 Å². The molecule has 0 amide bonds. The summed E-state index contributed by atoms with van der Waals surface area (Å²) in [7, 11) is 3.37. The molecule has 4 fully saturated rings. The largest absolute Gasteiger partial charge is 4.00 e. The number of nitrogens with one attached hydrogen (secondary N) is 1. The number of rotatable bonds is 2. The Kier molecular flexibility index (Phi) is 8.47. The number of benzene rings is 2. The molecule has 4 bridgehead atoms. The number of ether oxygens (including phenoxy) is 2. The van der Waals surface area contributed by atoms with Crippen LogP contribution in [0.1, 0.15) is 49.7 Å². The molecule has 4 saturated carbocycles. The summed E-state index contributed by atoms with van der Waals surface area (Å²) >= 11 is 0. The maximum Gasteiger partial charge on any atom is 4.00 e. The maximum atomic E-state index is 8.21. The van der Waals surface area contributed by atoms with E-state index >= 15 is 0 Å². The molecule has 0 atom stereocenters. The van der Waals surface area contributed by atoms with Crippen molar-refractivity contribution in [2.75, 3.05) is 14.2 Å². The summed E-state index contributed by atoms with van der Waals surface area (Å²) in [4.78, 5) is 0. The number of hydrogen-bond donors (Lipinski definition) is 0. The fourth-order valence-electron chi connectivity index (χ4n) is 6.40. The summed E-state index contributed by atoms with van der Waals surface area (Å²) in [6.45, 7) is 0. The van der Waals surface area contributed by atoms with Crippen molar-refractivity contribution in [1.29, 1.82) is 0 Å².